The number of likely N-dealkylation sites (tertiary alicyclic amines) is 1. The highest BCUT2D eigenvalue weighted by Gasteiger charge is 2.40. The van der Waals surface area contributed by atoms with Gasteiger partial charge < -0.3 is 10.0 Å². The van der Waals surface area contributed by atoms with Gasteiger partial charge in [0.25, 0.3) is 5.56 Å². The van der Waals surface area contributed by atoms with Crippen LogP contribution in [0.15, 0.2) is 58.3 Å². The minimum atomic E-state index is -1.16. The smallest absolute Gasteiger partial charge is 0.328 e. The van der Waals surface area contributed by atoms with Gasteiger partial charge in [0.05, 0.1) is 11.6 Å². The van der Waals surface area contributed by atoms with E-state index in [1.807, 2.05) is 30.3 Å². The van der Waals surface area contributed by atoms with E-state index >= 15 is 0 Å². The number of aromatic amines is 1. The van der Waals surface area contributed by atoms with Gasteiger partial charge in [0, 0.05) is 31.4 Å². The fraction of sp³-hybridized carbons (Fsp3) is 0.316. The molecule has 0 bridgehead atoms. The Morgan fingerprint density at radius 1 is 1.27 bits per heavy atom. The van der Waals surface area contributed by atoms with Gasteiger partial charge in [-0.3, -0.25) is 19.1 Å². The third kappa shape index (κ3) is 3.83. The Morgan fingerprint density at radius 3 is 2.69 bits per heavy atom. The summed E-state index contributed by atoms with van der Waals surface area (Å²) in [6.07, 6.45) is 4.90. The summed E-state index contributed by atoms with van der Waals surface area (Å²) < 4.78 is 1.28. The molecule has 1 aliphatic rings. The second kappa shape index (κ2) is 7.13. The molecule has 0 aliphatic carbocycles. The molecule has 136 valence electrons. The first-order chi connectivity index (χ1) is 12.4. The zero-order valence-corrected chi connectivity index (χ0v) is 14.5. The van der Waals surface area contributed by atoms with Crippen LogP contribution in [0.25, 0.3) is 6.08 Å². The van der Waals surface area contributed by atoms with Gasteiger partial charge in [0.2, 0.25) is 5.91 Å². The zero-order chi connectivity index (χ0) is 18.7. The van der Waals surface area contributed by atoms with Crippen LogP contribution in [0.2, 0.25) is 0 Å². The first kappa shape index (κ1) is 17.9. The molecule has 1 saturated heterocycles. The maximum Gasteiger partial charge on any atom is 0.328 e. The number of carbonyl (C=O) groups excluding carboxylic acids is 1. The monoisotopic (exact) mass is 355 g/mol. The molecule has 1 aromatic carbocycles. The molecule has 0 unspecified atom stereocenters. The summed E-state index contributed by atoms with van der Waals surface area (Å²) >= 11 is 0. The van der Waals surface area contributed by atoms with E-state index < -0.39 is 22.9 Å². The second-order valence-corrected chi connectivity index (χ2v) is 6.67. The van der Waals surface area contributed by atoms with Crippen molar-refractivity contribution in [3.63, 3.8) is 0 Å². The Labute approximate surface area is 150 Å². The van der Waals surface area contributed by atoms with Crippen LogP contribution in [0.4, 0.5) is 0 Å². The third-order valence-electron chi connectivity index (χ3n) is 4.72. The number of hydrogen-bond donors (Lipinski definition) is 2. The molecule has 7 heteroatoms. The summed E-state index contributed by atoms with van der Waals surface area (Å²) in [4.78, 5) is 39.7. The molecule has 1 aliphatic heterocycles. The van der Waals surface area contributed by atoms with Crippen molar-refractivity contribution in [2.75, 3.05) is 13.1 Å². The first-order valence-corrected chi connectivity index (χ1v) is 8.43. The Morgan fingerprint density at radius 2 is 2.00 bits per heavy atom. The first-order valence-electron chi connectivity index (χ1n) is 8.43. The molecule has 0 saturated carbocycles. The number of rotatable bonds is 3. The zero-order valence-electron chi connectivity index (χ0n) is 14.5. The lowest BCUT2D eigenvalue weighted by Gasteiger charge is -2.42. The molecule has 3 rings (SSSR count). The molecular weight excluding hydrogens is 334 g/mol. The van der Waals surface area contributed by atoms with Gasteiger partial charge in [-0.2, -0.15) is 0 Å². The summed E-state index contributed by atoms with van der Waals surface area (Å²) in [5, 5.41) is 10.7. The summed E-state index contributed by atoms with van der Waals surface area (Å²) in [7, 11) is 0. The van der Waals surface area contributed by atoms with E-state index in [4.69, 9.17) is 0 Å². The van der Waals surface area contributed by atoms with Crippen molar-refractivity contribution in [1.29, 1.82) is 0 Å². The average Bonchev–Trinajstić information content (AvgIpc) is 2.61. The fourth-order valence-electron chi connectivity index (χ4n) is 3.12. The van der Waals surface area contributed by atoms with E-state index in [1.165, 1.54) is 22.9 Å². The molecule has 0 radical (unpaired) electrons. The molecule has 26 heavy (non-hydrogen) atoms. The lowest BCUT2D eigenvalue weighted by Crippen LogP contribution is -2.54. The van der Waals surface area contributed by atoms with Gasteiger partial charge in [-0.25, -0.2) is 4.79 Å². The van der Waals surface area contributed by atoms with E-state index in [1.54, 1.807) is 17.9 Å². The molecule has 2 aromatic rings. The Kier molecular flexibility index (Phi) is 4.90. The molecule has 1 fully saturated rings. The standard InChI is InChI=1S/C19H21N3O4/c1-19(26)10-12-21(17(24)8-7-14-5-3-2-4-6-14)13-15(19)22-11-9-16(23)20-18(22)25/h2-9,11,15,26H,10,12-13H2,1H3,(H,20,23,25)/b8-7+/t15-,19-/m1/s1. The number of carbonyl (C=O) groups is 1. The summed E-state index contributed by atoms with van der Waals surface area (Å²) in [6.45, 7) is 2.20. The van der Waals surface area contributed by atoms with Crippen molar-refractivity contribution in [3.8, 4) is 0 Å². The second-order valence-electron chi connectivity index (χ2n) is 6.67. The highest BCUT2D eigenvalue weighted by molar-refractivity contribution is 5.91. The third-order valence-corrected chi connectivity index (χ3v) is 4.72. The molecule has 0 spiro atoms. The number of aromatic nitrogens is 2. The van der Waals surface area contributed by atoms with Gasteiger partial charge in [0.15, 0.2) is 0 Å². The molecular formula is C19H21N3O4. The van der Waals surface area contributed by atoms with Crippen LogP contribution >= 0.6 is 0 Å². The number of amides is 1. The predicted octanol–water partition coefficient (Wildman–Crippen LogP) is 0.774. The van der Waals surface area contributed by atoms with Gasteiger partial charge in [-0.15, -0.1) is 0 Å². The maximum absolute atomic E-state index is 12.5. The van der Waals surface area contributed by atoms with Crippen LogP contribution in [0.5, 0.6) is 0 Å². The summed E-state index contributed by atoms with van der Waals surface area (Å²) in [6, 6.07) is 10.1. The molecule has 2 heterocycles. The number of H-pyrrole nitrogens is 1. The number of benzene rings is 1. The van der Waals surface area contributed by atoms with Gasteiger partial charge in [-0.1, -0.05) is 30.3 Å². The minimum Gasteiger partial charge on any atom is -0.388 e. The highest BCUT2D eigenvalue weighted by atomic mass is 16.3. The van der Waals surface area contributed by atoms with Gasteiger partial charge in [-0.05, 0) is 25.0 Å². The Bertz CT molecular complexity index is 928. The molecule has 7 nitrogen and oxygen atoms in total. The van der Waals surface area contributed by atoms with Crippen molar-refractivity contribution in [2.24, 2.45) is 0 Å². The van der Waals surface area contributed by atoms with Crippen molar-refractivity contribution in [3.05, 3.63) is 75.1 Å². The number of nitrogens with one attached hydrogen (secondary N) is 1. The van der Waals surface area contributed by atoms with E-state index in [0.717, 1.165) is 5.56 Å². The number of aliphatic hydroxyl groups is 1. The summed E-state index contributed by atoms with van der Waals surface area (Å²) in [5.41, 5.74) is -1.35. The van der Waals surface area contributed by atoms with Crippen molar-refractivity contribution >= 4 is 12.0 Å². The quantitative estimate of drug-likeness (QED) is 0.795. The molecule has 2 atom stereocenters. The molecule has 1 amide bonds. The molecule has 2 N–H and O–H groups in total. The average molecular weight is 355 g/mol. The van der Waals surface area contributed by atoms with Crippen LogP contribution < -0.4 is 11.2 Å². The van der Waals surface area contributed by atoms with Crippen molar-refractivity contribution in [1.82, 2.24) is 14.5 Å². The summed E-state index contributed by atoms with van der Waals surface area (Å²) in [5.74, 6) is -0.188. The highest BCUT2D eigenvalue weighted by Crippen LogP contribution is 2.30. The van der Waals surface area contributed by atoms with Crippen LogP contribution in [-0.2, 0) is 4.79 Å². The number of nitrogens with zero attached hydrogens (tertiary/aromatic N) is 2. The number of piperidine rings is 1. The number of hydrogen-bond acceptors (Lipinski definition) is 4. The largest absolute Gasteiger partial charge is 0.388 e. The lowest BCUT2D eigenvalue weighted by molar-refractivity contribution is -0.132. The Balaban J connectivity index is 1.81. The predicted molar refractivity (Wildman–Crippen MR) is 97.7 cm³/mol. The Hall–Kier alpha value is -2.93. The van der Waals surface area contributed by atoms with Gasteiger partial charge in [0.1, 0.15) is 0 Å². The van der Waals surface area contributed by atoms with E-state index in [2.05, 4.69) is 4.98 Å². The fourth-order valence-corrected chi connectivity index (χ4v) is 3.12. The van der Waals surface area contributed by atoms with Gasteiger partial charge >= 0.3 is 5.69 Å². The normalized spacial score (nSPS) is 23.3. The van der Waals surface area contributed by atoms with E-state index in [9.17, 15) is 19.5 Å². The topological polar surface area (TPSA) is 95.4 Å². The lowest BCUT2D eigenvalue weighted by atomic mass is 9.88. The van der Waals surface area contributed by atoms with Crippen LogP contribution in [0.1, 0.15) is 24.9 Å². The minimum absolute atomic E-state index is 0.177. The SMILES string of the molecule is C[C@@]1(O)CCN(C(=O)/C=C/c2ccccc2)C[C@H]1n1ccc(=O)[nH]c1=O. The van der Waals surface area contributed by atoms with E-state index in [0.29, 0.717) is 13.0 Å². The van der Waals surface area contributed by atoms with E-state index in [-0.39, 0.29) is 12.5 Å². The van der Waals surface area contributed by atoms with Crippen molar-refractivity contribution < 1.29 is 9.90 Å². The van der Waals surface area contributed by atoms with Crippen LogP contribution in [0, 0.1) is 0 Å². The van der Waals surface area contributed by atoms with Crippen LogP contribution in [-0.4, -0.2) is 44.2 Å². The van der Waals surface area contributed by atoms with Crippen molar-refractivity contribution in [2.45, 2.75) is 25.0 Å². The molecule has 1 aromatic heterocycles. The maximum atomic E-state index is 12.5. The van der Waals surface area contributed by atoms with Crippen LogP contribution in [0.3, 0.4) is 0 Å².